The maximum absolute atomic E-state index is 13.3. The summed E-state index contributed by atoms with van der Waals surface area (Å²) in [4.78, 5) is 2.26. The monoisotopic (exact) mass is 300 g/mol. The minimum absolute atomic E-state index is 0.000779. The summed E-state index contributed by atoms with van der Waals surface area (Å²) in [5.41, 5.74) is 2.17. The van der Waals surface area contributed by atoms with Crippen LogP contribution in [0.4, 0.5) is 4.39 Å². The van der Waals surface area contributed by atoms with E-state index in [1.807, 2.05) is 6.07 Å². The summed E-state index contributed by atoms with van der Waals surface area (Å²) in [5, 5.41) is 5.03. The molecule has 1 aromatic carbocycles. The van der Waals surface area contributed by atoms with E-state index in [9.17, 15) is 12.8 Å². The molecule has 0 spiro atoms. The highest BCUT2D eigenvalue weighted by Crippen LogP contribution is 2.33. The largest absolute Gasteiger partial charge is 0.294 e. The van der Waals surface area contributed by atoms with Crippen LogP contribution >= 0.6 is 0 Å². The first-order chi connectivity index (χ1) is 9.28. The smallest absolute Gasteiger partial charge is 0.209 e. The van der Waals surface area contributed by atoms with E-state index in [0.29, 0.717) is 13.0 Å². The zero-order valence-corrected chi connectivity index (χ0v) is 12.7. The van der Waals surface area contributed by atoms with Gasteiger partial charge >= 0.3 is 0 Å². The zero-order valence-electron chi connectivity index (χ0n) is 11.8. The summed E-state index contributed by atoms with van der Waals surface area (Å²) in [6.07, 6.45) is 1.30. The van der Waals surface area contributed by atoms with Gasteiger partial charge in [0.25, 0.3) is 0 Å². The Labute approximate surface area is 119 Å². The van der Waals surface area contributed by atoms with E-state index in [0.717, 1.165) is 17.5 Å². The summed E-state index contributed by atoms with van der Waals surface area (Å²) in [6.45, 7) is 4.83. The van der Waals surface area contributed by atoms with Gasteiger partial charge < -0.3 is 0 Å². The maximum atomic E-state index is 13.3. The van der Waals surface area contributed by atoms with Crippen molar-refractivity contribution >= 4 is 10.0 Å². The van der Waals surface area contributed by atoms with Crippen LogP contribution in [0.15, 0.2) is 18.2 Å². The Hall–Kier alpha value is -0.980. The van der Waals surface area contributed by atoms with Crippen LogP contribution in [0.25, 0.3) is 0 Å². The highest BCUT2D eigenvalue weighted by molar-refractivity contribution is 7.89. The number of fused-ring (bicyclic) bond motifs is 1. The van der Waals surface area contributed by atoms with Gasteiger partial charge in [-0.3, -0.25) is 4.90 Å². The van der Waals surface area contributed by atoms with Crippen molar-refractivity contribution in [2.24, 2.45) is 5.14 Å². The molecule has 0 fully saturated rings. The minimum Gasteiger partial charge on any atom is -0.294 e. The summed E-state index contributed by atoms with van der Waals surface area (Å²) >= 11 is 0. The number of hydrogen-bond donors (Lipinski definition) is 1. The molecule has 20 heavy (non-hydrogen) atoms. The van der Waals surface area contributed by atoms with E-state index in [1.54, 1.807) is 6.07 Å². The van der Waals surface area contributed by atoms with Gasteiger partial charge in [0.1, 0.15) is 5.82 Å². The van der Waals surface area contributed by atoms with E-state index in [2.05, 4.69) is 18.7 Å². The van der Waals surface area contributed by atoms with Crippen molar-refractivity contribution in [1.29, 1.82) is 0 Å². The first-order valence-corrected chi connectivity index (χ1v) is 8.54. The van der Waals surface area contributed by atoms with Crippen molar-refractivity contribution in [3.8, 4) is 0 Å². The molecule has 0 aromatic heterocycles. The van der Waals surface area contributed by atoms with Gasteiger partial charge in [-0.2, -0.15) is 0 Å². The molecule has 4 nitrogen and oxygen atoms in total. The molecular formula is C14H21FN2O2S. The Bertz CT molecular complexity index is 589. The van der Waals surface area contributed by atoms with E-state index in [4.69, 9.17) is 5.14 Å². The quantitative estimate of drug-likeness (QED) is 0.922. The van der Waals surface area contributed by atoms with Crippen LogP contribution in [0.3, 0.4) is 0 Å². The molecule has 0 saturated heterocycles. The van der Waals surface area contributed by atoms with Crippen LogP contribution in [0.1, 0.15) is 37.4 Å². The zero-order chi connectivity index (χ0) is 14.9. The summed E-state index contributed by atoms with van der Waals surface area (Å²) in [6, 6.07) is 5.33. The van der Waals surface area contributed by atoms with Crippen molar-refractivity contribution < 1.29 is 12.8 Å². The molecule has 1 aliphatic rings. The van der Waals surface area contributed by atoms with Crippen LogP contribution < -0.4 is 5.14 Å². The second-order valence-corrected chi connectivity index (χ2v) is 7.26. The molecule has 2 atom stereocenters. The molecule has 6 heteroatoms. The maximum Gasteiger partial charge on any atom is 0.209 e. The van der Waals surface area contributed by atoms with Crippen LogP contribution in [0.2, 0.25) is 0 Å². The molecule has 0 radical (unpaired) electrons. The van der Waals surface area contributed by atoms with E-state index in [1.165, 1.54) is 6.07 Å². The Morgan fingerprint density at radius 1 is 1.40 bits per heavy atom. The average molecular weight is 300 g/mol. The van der Waals surface area contributed by atoms with Gasteiger partial charge in [0, 0.05) is 18.6 Å². The lowest BCUT2D eigenvalue weighted by Crippen LogP contribution is -2.42. The number of nitrogens with zero attached hydrogens (tertiary/aromatic N) is 1. The van der Waals surface area contributed by atoms with Gasteiger partial charge in [0.15, 0.2) is 0 Å². The van der Waals surface area contributed by atoms with Crippen LogP contribution in [0, 0.1) is 5.82 Å². The highest BCUT2D eigenvalue weighted by atomic mass is 32.2. The first kappa shape index (κ1) is 15.4. The predicted molar refractivity (Wildman–Crippen MR) is 77.3 cm³/mol. The standard InChI is InChI=1S/C14H21FN2O2S/c1-10-8-12-9-13(15)4-5-14(12)11(2)17(10)6-3-7-20(16,18)19/h4-5,9-11H,3,6-8H2,1-2H3,(H2,16,18,19). The van der Waals surface area contributed by atoms with Gasteiger partial charge in [0.2, 0.25) is 10.0 Å². The molecule has 0 saturated carbocycles. The lowest BCUT2D eigenvalue weighted by Gasteiger charge is -2.40. The molecule has 2 rings (SSSR count). The number of benzene rings is 1. The molecule has 1 aromatic rings. The van der Waals surface area contributed by atoms with Gasteiger partial charge in [0.05, 0.1) is 5.75 Å². The summed E-state index contributed by atoms with van der Waals surface area (Å²) in [7, 11) is -3.40. The molecule has 0 bridgehead atoms. The van der Waals surface area contributed by atoms with Crippen LogP contribution in [-0.2, 0) is 16.4 Å². The van der Waals surface area contributed by atoms with Crippen molar-refractivity contribution in [2.45, 2.75) is 38.8 Å². The third-order valence-electron chi connectivity index (χ3n) is 3.98. The molecule has 0 aliphatic carbocycles. The Morgan fingerprint density at radius 2 is 2.10 bits per heavy atom. The molecule has 0 amide bonds. The molecule has 1 heterocycles. The Kier molecular flexibility index (Phi) is 4.46. The molecule has 2 N–H and O–H groups in total. The lowest BCUT2D eigenvalue weighted by molar-refractivity contribution is 0.138. The Morgan fingerprint density at radius 3 is 2.75 bits per heavy atom. The van der Waals surface area contributed by atoms with Crippen molar-refractivity contribution in [1.82, 2.24) is 4.90 Å². The fourth-order valence-corrected chi connectivity index (χ4v) is 3.55. The highest BCUT2D eigenvalue weighted by Gasteiger charge is 2.29. The van der Waals surface area contributed by atoms with Crippen molar-refractivity contribution in [3.05, 3.63) is 35.1 Å². The average Bonchev–Trinajstić information content (AvgIpc) is 2.31. The van der Waals surface area contributed by atoms with Crippen LogP contribution in [0.5, 0.6) is 0 Å². The lowest BCUT2D eigenvalue weighted by atomic mass is 9.89. The topological polar surface area (TPSA) is 63.4 Å². The third kappa shape index (κ3) is 3.56. The SMILES string of the molecule is CC1Cc2cc(F)ccc2C(C)N1CCCS(N)(=O)=O. The minimum atomic E-state index is -3.40. The number of nitrogens with two attached hydrogens (primary N) is 1. The number of sulfonamides is 1. The summed E-state index contributed by atoms with van der Waals surface area (Å²) in [5.74, 6) is -0.204. The molecule has 2 unspecified atom stereocenters. The molecular weight excluding hydrogens is 279 g/mol. The number of primary sulfonamides is 1. The Balaban J connectivity index is 2.10. The summed E-state index contributed by atoms with van der Waals surface area (Å²) < 4.78 is 35.3. The second-order valence-electron chi connectivity index (χ2n) is 5.53. The van der Waals surface area contributed by atoms with Gasteiger partial charge in [-0.15, -0.1) is 0 Å². The number of hydrogen-bond acceptors (Lipinski definition) is 3. The second kappa shape index (κ2) is 5.79. The third-order valence-corrected chi connectivity index (χ3v) is 4.84. The van der Waals surface area contributed by atoms with Crippen molar-refractivity contribution in [2.75, 3.05) is 12.3 Å². The van der Waals surface area contributed by atoms with E-state index < -0.39 is 10.0 Å². The van der Waals surface area contributed by atoms with Crippen LogP contribution in [-0.4, -0.2) is 31.7 Å². The van der Waals surface area contributed by atoms with Gasteiger partial charge in [-0.25, -0.2) is 17.9 Å². The van der Waals surface area contributed by atoms with Crippen molar-refractivity contribution in [3.63, 3.8) is 0 Å². The fraction of sp³-hybridized carbons (Fsp3) is 0.571. The van der Waals surface area contributed by atoms with E-state index >= 15 is 0 Å². The normalized spacial score (nSPS) is 23.6. The number of halogens is 1. The fourth-order valence-electron chi connectivity index (χ4n) is 3.02. The van der Waals surface area contributed by atoms with Gasteiger partial charge in [-0.05, 0) is 49.9 Å². The number of rotatable bonds is 4. The van der Waals surface area contributed by atoms with E-state index in [-0.39, 0.29) is 23.7 Å². The molecule has 112 valence electrons. The van der Waals surface area contributed by atoms with Gasteiger partial charge in [-0.1, -0.05) is 6.07 Å². The molecule has 1 aliphatic heterocycles. The predicted octanol–water partition coefficient (Wildman–Crippen LogP) is 1.81. The first-order valence-electron chi connectivity index (χ1n) is 6.82.